The molecule has 6 nitrogen and oxygen atoms in total. The van der Waals surface area contributed by atoms with Gasteiger partial charge in [0.15, 0.2) is 0 Å². The molecule has 132 valence electrons. The predicted molar refractivity (Wildman–Crippen MR) is 102 cm³/mol. The van der Waals surface area contributed by atoms with Crippen LogP contribution in [0.1, 0.15) is 36.1 Å². The molecule has 25 heavy (non-hydrogen) atoms. The van der Waals surface area contributed by atoms with Crippen LogP contribution in [-0.2, 0) is 13.1 Å². The van der Waals surface area contributed by atoms with Crippen LogP contribution < -0.4 is 10.9 Å². The number of fused-ring (bicyclic) bond motifs is 1. The van der Waals surface area contributed by atoms with E-state index in [0.29, 0.717) is 23.0 Å². The second kappa shape index (κ2) is 6.84. The maximum Gasteiger partial charge on any atom is 0.265 e. The zero-order chi connectivity index (χ0) is 18.1. The Morgan fingerprint density at radius 1 is 1.36 bits per heavy atom. The second-order valence-electron chi connectivity index (χ2n) is 6.49. The molecule has 0 saturated carbocycles. The van der Waals surface area contributed by atoms with Gasteiger partial charge in [-0.25, -0.2) is 0 Å². The molecular formula is C18H22N4O2S. The van der Waals surface area contributed by atoms with Crippen LogP contribution in [0.4, 0.5) is 5.69 Å². The molecule has 0 fully saturated rings. The lowest BCUT2D eigenvalue weighted by Crippen LogP contribution is -2.19. The fraction of sp³-hybridized carbons (Fsp3) is 0.389. The first-order valence-electron chi connectivity index (χ1n) is 8.37. The molecular weight excluding hydrogens is 336 g/mol. The van der Waals surface area contributed by atoms with E-state index in [1.54, 1.807) is 16.8 Å². The minimum absolute atomic E-state index is 0.0771. The van der Waals surface area contributed by atoms with Gasteiger partial charge in [0, 0.05) is 30.7 Å². The summed E-state index contributed by atoms with van der Waals surface area (Å²) in [6, 6.07) is 4.99. The van der Waals surface area contributed by atoms with Gasteiger partial charge >= 0.3 is 0 Å². The van der Waals surface area contributed by atoms with Gasteiger partial charge in [-0.1, -0.05) is 13.8 Å². The van der Waals surface area contributed by atoms with Crippen molar-refractivity contribution in [3.05, 3.63) is 45.3 Å². The highest BCUT2D eigenvalue weighted by Crippen LogP contribution is 2.29. The predicted octanol–water partition coefficient (Wildman–Crippen LogP) is 3.50. The fourth-order valence-corrected chi connectivity index (χ4v) is 3.81. The lowest BCUT2D eigenvalue weighted by Gasteiger charge is -2.07. The number of rotatable bonds is 5. The molecule has 0 aliphatic carbocycles. The molecule has 0 radical (unpaired) electrons. The number of nitrogens with zero attached hydrogens (tertiary/aromatic N) is 3. The maximum absolute atomic E-state index is 12.6. The van der Waals surface area contributed by atoms with Crippen LogP contribution in [0.5, 0.6) is 0 Å². The summed E-state index contributed by atoms with van der Waals surface area (Å²) in [6.45, 7) is 9.54. The molecule has 3 heterocycles. The highest BCUT2D eigenvalue weighted by Gasteiger charge is 2.17. The molecule has 1 N–H and O–H groups in total. The molecule has 3 rings (SSSR count). The number of aryl methyl sites for hydroxylation is 2. The van der Waals surface area contributed by atoms with Crippen molar-refractivity contribution in [3.8, 4) is 0 Å². The summed E-state index contributed by atoms with van der Waals surface area (Å²) in [5.74, 6) is 0.315. The number of pyridine rings is 1. The Morgan fingerprint density at radius 2 is 2.12 bits per heavy atom. The van der Waals surface area contributed by atoms with Gasteiger partial charge in [-0.3, -0.25) is 14.3 Å². The highest BCUT2D eigenvalue weighted by molar-refractivity contribution is 7.20. The second-order valence-corrected chi connectivity index (χ2v) is 7.52. The molecule has 0 spiro atoms. The van der Waals surface area contributed by atoms with Crippen molar-refractivity contribution in [2.24, 2.45) is 5.92 Å². The van der Waals surface area contributed by atoms with Gasteiger partial charge in [-0.05, 0) is 31.9 Å². The number of anilines is 1. The van der Waals surface area contributed by atoms with Crippen molar-refractivity contribution in [3.63, 3.8) is 0 Å². The van der Waals surface area contributed by atoms with E-state index in [4.69, 9.17) is 0 Å². The average molecular weight is 358 g/mol. The molecule has 7 heteroatoms. The number of carbonyl (C=O) groups is 1. The smallest absolute Gasteiger partial charge is 0.265 e. The fourth-order valence-electron chi connectivity index (χ4n) is 2.74. The van der Waals surface area contributed by atoms with Crippen LogP contribution >= 0.6 is 11.3 Å². The molecule has 0 atom stereocenters. The number of hydrogen-bond donors (Lipinski definition) is 1. The van der Waals surface area contributed by atoms with E-state index < -0.39 is 0 Å². The topological polar surface area (TPSA) is 68.9 Å². The Hall–Kier alpha value is -2.41. The van der Waals surface area contributed by atoms with E-state index in [0.717, 1.165) is 22.5 Å². The third-order valence-electron chi connectivity index (χ3n) is 3.95. The van der Waals surface area contributed by atoms with Crippen LogP contribution in [0, 0.1) is 12.8 Å². The number of nitrogens with one attached hydrogen (secondary N) is 1. The summed E-state index contributed by atoms with van der Waals surface area (Å²) in [5, 5.41) is 8.46. The number of hydrogen-bond acceptors (Lipinski definition) is 4. The zero-order valence-electron chi connectivity index (χ0n) is 14.9. The Bertz CT molecular complexity index is 981. The Morgan fingerprint density at radius 3 is 2.80 bits per heavy atom. The minimum atomic E-state index is -0.169. The minimum Gasteiger partial charge on any atom is -0.320 e. The van der Waals surface area contributed by atoms with E-state index in [9.17, 15) is 9.59 Å². The molecule has 0 unspecified atom stereocenters. The van der Waals surface area contributed by atoms with Crippen LogP contribution in [-0.4, -0.2) is 20.3 Å². The number of aromatic nitrogens is 3. The number of carbonyl (C=O) groups excluding carboxylic acids is 1. The Labute approximate surface area is 150 Å². The molecule has 3 aromatic rings. The van der Waals surface area contributed by atoms with E-state index in [-0.39, 0.29) is 11.5 Å². The molecule has 0 aliphatic rings. The van der Waals surface area contributed by atoms with Gasteiger partial charge in [0.25, 0.3) is 11.5 Å². The first-order chi connectivity index (χ1) is 11.9. The van der Waals surface area contributed by atoms with Crippen LogP contribution in [0.2, 0.25) is 0 Å². The standard InChI is InChI=1S/C18H22N4O2S/c1-5-21-10-13(6-7-16(21)23)19-17(24)15-8-14-12(4)20-22(9-11(2)3)18(14)25-15/h6-8,10-11H,5,9H2,1-4H3,(H,19,24). The molecule has 0 aromatic carbocycles. The van der Waals surface area contributed by atoms with Crippen molar-refractivity contribution in [2.75, 3.05) is 5.32 Å². The molecule has 1 amide bonds. The van der Waals surface area contributed by atoms with E-state index in [1.807, 2.05) is 24.6 Å². The van der Waals surface area contributed by atoms with Crippen molar-refractivity contribution in [1.29, 1.82) is 0 Å². The van der Waals surface area contributed by atoms with E-state index in [2.05, 4.69) is 24.3 Å². The van der Waals surface area contributed by atoms with Crippen LogP contribution in [0.3, 0.4) is 0 Å². The van der Waals surface area contributed by atoms with E-state index in [1.165, 1.54) is 17.4 Å². The van der Waals surface area contributed by atoms with Crippen molar-refractivity contribution in [1.82, 2.24) is 14.3 Å². The SMILES string of the molecule is CCn1cc(NC(=O)c2cc3c(C)nn(CC(C)C)c3s2)ccc1=O. The van der Waals surface area contributed by atoms with Crippen molar-refractivity contribution in [2.45, 2.75) is 40.8 Å². The summed E-state index contributed by atoms with van der Waals surface area (Å²) in [7, 11) is 0. The number of amides is 1. The van der Waals surface area contributed by atoms with E-state index >= 15 is 0 Å². The average Bonchev–Trinajstić information content (AvgIpc) is 3.11. The first-order valence-corrected chi connectivity index (χ1v) is 9.19. The normalized spacial score (nSPS) is 11.4. The van der Waals surface area contributed by atoms with Gasteiger partial charge in [0.05, 0.1) is 16.3 Å². The third kappa shape index (κ3) is 3.51. The van der Waals surface area contributed by atoms with Crippen molar-refractivity contribution >= 4 is 33.1 Å². The quantitative estimate of drug-likeness (QED) is 0.759. The largest absolute Gasteiger partial charge is 0.320 e. The third-order valence-corrected chi connectivity index (χ3v) is 5.10. The summed E-state index contributed by atoms with van der Waals surface area (Å²) < 4.78 is 3.54. The maximum atomic E-state index is 12.6. The lowest BCUT2D eigenvalue weighted by atomic mass is 10.2. The van der Waals surface area contributed by atoms with Crippen LogP contribution in [0.25, 0.3) is 10.2 Å². The summed E-state index contributed by atoms with van der Waals surface area (Å²) >= 11 is 1.45. The Kier molecular flexibility index (Phi) is 4.76. The lowest BCUT2D eigenvalue weighted by molar-refractivity contribution is 0.103. The molecule has 0 bridgehead atoms. The Balaban J connectivity index is 1.88. The first kappa shape index (κ1) is 17.4. The van der Waals surface area contributed by atoms with Gasteiger partial charge in [0.2, 0.25) is 0 Å². The van der Waals surface area contributed by atoms with Gasteiger partial charge < -0.3 is 9.88 Å². The molecule has 3 aromatic heterocycles. The number of thiophene rings is 1. The van der Waals surface area contributed by atoms with Gasteiger partial charge in [0.1, 0.15) is 4.83 Å². The van der Waals surface area contributed by atoms with Crippen LogP contribution in [0.15, 0.2) is 29.2 Å². The van der Waals surface area contributed by atoms with Gasteiger partial charge in [-0.2, -0.15) is 5.10 Å². The molecule has 0 aliphatic heterocycles. The summed E-state index contributed by atoms with van der Waals surface area (Å²) in [5.41, 5.74) is 1.47. The monoisotopic (exact) mass is 358 g/mol. The summed E-state index contributed by atoms with van der Waals surface area (Å²) in [6.07, 6.45) is 1.67. The summed E-state index contributed by atoms with van der Waals surface area (Å²) in [4.78, 5) is 25.9. The van der Waals surface area contributed by atoms with Crippen molar-refractivity contribution < 1.29 is 4.79 Å². The highest BCUT2D eigenvalue weighted by atomic mass is 32.1. The zero-order valence-corrected chi connectivity index (χ0v) is 15.7. The molecule has 0 saturated heterocycles. The van der Waals surface area contributed by atoms with Gasteiger partial charge in [-0.15, -0.1) is 11.3 Å².